The zero-order valence-corrected chi connectivity index (χ0v) is 17.5. The maximum absolute atomic E-state index is 13.6. The predicted molar refractivity (Wildman–Crippen MR) is 113 cm³/mol. The van der Waals surface area contributed by atoms with Crippen molar-refractivity contribution in [1.29, 1.82) is 0 Å². The van der Waals surface area contributed by atoms with Gasteiger partial charge in [0, 0.05) is 6.04 Å². The summed E-state index contributed by atoms with van der Waals surface area (Å²) in [5.41, 5.74) is 1.79. The quantitative estimate of drug-likeness (QED) is 0.762. The smallest absolute Gasteiger partial charge is 0.325 e. The molecule has 6 nitrogen and oxygen atoms in total. The van der Waals surface area contributed by atoms with Gasteiger partial charge in [-0.1, -0.05) is 55.8 Å². The lowest BCUT2D eigenvalue weighted by molar-refractivity contribution is -0.151. The maximum atomic E-state index is 13.6. The summed E-state index contributed by atoms with van der Waals surface area (Å²) in [6, 6.07) is 14.1. The van der Waals surface area contributed by atoms with Gasteiger partial charge in [-0.05, 0) is 43.0 Å². The summed E-state index contributed by atoms with van der Waals surface area (Å²) in [5, 5.41) is 13.5. The molecule has 30 heavy (non-hydrogen) atoms. The monoisotopic (exact) mass is 406 g/mol. The lowest BCUT2D eigenvalue weighted by atomic mass is 9.73. The minimum Gasteiger partial charge on any atom is -0.480 e. The van der Waals surface area contributed by atoms with Crippen LogP contribution in [0.5, 0.6) is 0 Å². The Kier molecular flexibility index (Phi) is 4.77. The highest BCUT2D eigenvalue weighted by atomic mass is 16.4. The second-order valence-electron chi connectivity index (χ2n) is 8.66. The average Bonchev–Trinajstić information content (AvgIpc) is 3.19. The Morgan fingerprint density at radius 3 is 2.33 bits per heavy atom. The number of nitrogens with zero attached hydrogens (tertiary/aromatic N) is 1. The third-order valence-electron chi connectivity index (χ3n) is 6.64. The van der Waals surface area contributed by atoms with E-state index in [0.717, 1.165) is 16.7 Å². The number of amides is 2. The largest absolute Gasteiger partial charge is 0.480 e. The second kappa shape index (κ2) is 7.06. The molecule has 4 atom stereocenters. The third kappa shape index (κ3) is 2.70. The number of carbonyl (C=O) groups is 3. The highest BCUT2D eigenvalue weighted by Crippen LogP contribution is 2.52. The molecule has 2 N–H and O–H groups in total. The minimum atomic E-state index is -1.53. The number of rotatable bonds is 4. The van der Waals surface area contributed by atoms with Crippen molar-refractivity contribution in [2.75, 3.05) is 4.90 Å². The number of hydrogen-bond donors (Lipinski definition) is 2. The highest BCUT2D eigenvalue weighted by molar-refractivity contribution is 6.24. The van der Waals surface area contributed by atoms with Crippen LogP contribution >= 0.6 is 0 Å². The molecule has 4 unspecified atom stereocenters. The second-order valence-corrected chi connectivity index (χ2v) is 8.66. The van der Waals surface area contributed by atoms with Crippen LogP contribution in [0.2, 0.25) is 0 Å². The summed E-state index contributed by atoms with van der Waals surface area (Å²) in [7, 11) is 0. The van der Waals surface area contributed by atoms with Crippen LogP contribution in [0.1, 0.15) is 36.6 Å². The van der Waals surface area contributed by atoms with Crippen LogP contribution in [0.3, 0.4) is 0 Å². The molecule has 2 aromatic carbocycles. The lowest BCUT2D eigenvalue weighted by Gasteiger charge is -2.34. The number of fused-ring (bicyclic) bond motifs is 1. The summed E-state index contributed by atoms with van der Waals surface area (Å²) in [6.07, 6.45) is 0. The van der Waals surface area contributed by atoms with Crippen LogP contribution in [0, 0.1) is 31.6 Å². The molecule has 0 aliphatic carbocycles. The highest BCUT2D eigenvalue weighted by Gasteiger charge is 2.69. The van der Waals surface area contributed by atoms with Gasteiger partial charge in [0.2, 0.25) is 11.8 Å². The number of aliphatic carboxylic acids is 1. The van der Waals surface area contributed by atoms with E-state index in [0.29, 0.717) is 5.69 Å². The van der Waals surface area contributed by atoms with E-state index in [-0.39, 0.29) is 5.91 Å². The van der Waals surface area contributed by atoms with E-state index in [1.165, 1.54) is 4.90 Å². The molecule has 2 heterocycles. The number of hydrogen-bond acceptors (Lipinski definition) is 4. The van der Waals surface area contributed by atoms with Crippen molar-refractivity contribution < 1.29 is 19.5 Å². The van der Waals surface area contributed by atoms with E-state index in [1.807, 2.05) is 38.1 Å². The van der Waals surface area contributed by atoms with Crippen molar-refractivity contribution in [3.05, 3.63) is 65.2 Å². The molecule has 4 rings (SSSR count). The van der Waals surface area contributed by atoms with Crippen LogP contribution < -0.4 is 10.2 Å². The van der Waals surface area contributed by atoms with Crippen molar-refractivity contribution in [3.8, 4) is 0 Å². The van der Waals surface area contributed by atoms with Gasteiger partial charge in [-0.3, -0.25) is 19.7 Å². The van der Waals surface area contributed by atoms with Crippen molar-refractivity contribution >= 4 is 23.5 Å². The molecule has 156 valence electrons. The average molecular weight is 406 g/mol. The molecular formula is C24H26N2O4. The first-order valence-electron chi connectivity index (χ1n) is 10.2. The lowest BCUT2D eigenvalue weighted by Crippen LogP contribution is -2.59. The van der Waals surface area contributed by atoms with Crippen molar-refractivity contribution in [3.63, 3.8) is 0 Å². The number of carbonyl (C=O) groups excluding carboxylic acids is 2. The zero-order valence-electron chi connectivity index (χ0n) is 17.5. The number of imide groups is 1. The van der Waals surface area contributed by atoms with Crippen molar-refractivity contribution in [2.24, 2.45) is 17.8 Å². The van der Waals surface area contributed by atoms with Crippen LogP contribution in [0.4, 0.5) is 5.69 Å². The molecule has 2 amide bonds. The van der Waals surface area contributed by atoms with Crippen LogP contribution in [0.25, 0.3) is 0 Å². The SMILES string of the molecule is Cc1ccc(C)c(C2NC(C(=O)O)(C(C)C)C3C(=O)N(c4ccccc4)C(=O)C23)c1. The number of nitrogens with one attached hydrogen (secondary N) is 1. The van der Waals surface area contributed by atoms with Gasteiger partial charge in [0.05, 0.1) is 17.5 Å². The van der Waals surface area contributed by atoms with Gasteiger partial charge in [0.25, 0.3) is 0 Å². The van der Waals surface area contributed by atoms with Gasteiger partial charge in [0.15, 0.2) is 0 Å². The molecule has 2 aromatic rings. The van der Waals surface area contributed by atoms with E-state index >= 15 is 0 Å². The number of aryl methyl sites for hydroxylation is 2. The van der Waals surface area contributed by atoms with Crippen molar-refractivity contribution in [1.82, 2.24) is 5.32 Å². The van der Waals surface area contributed by atoms with Crippen LogP contribution in [-0.4, -0.2) is 28.4 Å². The molecule has 0 spiro atoms. The van der Waals surface area contributed by atoms with Gasteiger partial charge >= 0.3 is 5.97 Å². The summed E-state index contributed by atoms with van der Waals surface area (Å²) in [5.74, 6) is -4.06. The summed E-state index contributed by atoms with van der Waals surface area (Å²) in [6.45, 7) is 7.47. The Hall–Kier alpha value is -2.99. The first kappa shape index (κ1) is 20.3. The Labute approximate surface area is 175 Å². The Bertz CT molecular complexity index is 1030. The first-order chi connectivity index (χ1) is 14.2. The molecule has 2 fully saturated rings. The van der Waals surface area contributed by atoms with Gasteiger partial charge in [-0.15, -0.1) is 0 Å². The first-order valence-corrected chi connectivity index (χ1v) is 10.2. The summed E-state index contributed by atoms with van der Waals surface area (Å²) >= 11 is 0. The predicted octanol–water partition coefficient (Wildman–Crippen LogP) is 3.23. The number of carboxylic acid groups (broad SMARTS) is 1. The molecule has 0 bridgehead atoms. The summed E-state index contributed by atoms with van der Waals surface area (Å²) in [4.78, 5) is 40.9. The van der Waals surface area contributed by atoms with Crippen LogP contribution in [-0.2, 0) is 14.4 Å². The van der Waals surface area contributed by atoms with Gasteiger partial charge in [0.1, 0.15) is 5.54 Å². The van der Waals surface area contributed by atoms with Gasteiger partial charge in [-0.2, -0.15) is 0 Å². The number of anilines is 1. The molecule has 2 aliphatic heterocycles. The molecule has 2 saturated heterocycles. The van der Waals surface area contributed by atoms with Crippen molar-refractivity contribution in [2.45, 2.75) is 39.3 Å². The fourth-order valence-corrected chi connectivity index (χ4v) is 5.11. The minimum absolute atomic E-state index is 0.349. The fraction of sp³-hybridized carbons (Fsp3) is 0.375. The van der Waals surface area contributed by atoms with Crippen LogP contribution in [0.15, 0.2) is 48.5 Å². The van der Waals surface area contributed by atoms with E-state index in [1.54, 1.807) is 38.1 Å². The zero-order chi connectivity index (χ0) is 21.8. The Balaban J connectivity index is 1.92. The Morgan fingerprint density at radius 1 is 1.07 bits per heavy atom. The topological polar surface area (TPSA) is 86.7 Å². The number of carboxylic acids is 1. The Morgan fingerprint density at radius 2 is 1.73 bits per heavy atom. The molecule has 6 heteroatoms. The molecule has 0 radical (unpaired) electrons. The number of benzene rings is 2. The summed E-state index contributed by atoms with van der Waals surface area (Å²) < 4.78 is 0. The maximum Gasteiger partial charge on any atom is 0.325 e. The molecule has 0 saturated carbocycles. The standard InChI is InChI=1S/C24H26N2O4/c1-13(2)24(23(29)30)19-18(20(25-24)17-12-14(3)10-11-15(17)4)21(27)26(22(19)28)16-8-6-5-7-9-16/h5-13,18-20,25H,1-4H3,(H,29,30). The van der Waals surface area contributed by atoms with E-state index in [4.69, 9.17) is 0 Å². The van der Waals surface area contributed by atoms with E-state index in [2.05, 4.69) is 5.32 Å². The fourth-order valence-electron chi connectivity index (χ4n) is 5.11. The van der Waals surface area contributed by atoms with E-state index in [9.17, 15) is 19.5 Å². The molecular weight excluding hydrogens is 380 g/mol. The van der Waals surface area contributed by atoms with E-state index < -0.39 is 41.2 Å². The molecule has 0 aromatic heterocycles. The normalized spacial score (nSPS) is 28.3. The van der Waals surface area contributed by atoms with Gasteiger partial charge < -0.3 is 5.11 Å². The number of para-hydroxylation sites is 1. The van der Waals surface area contributed by atoms with Gasteiger partial charge in [-0.25, -0.2) is 4.90 Å². The third-order valence-corrected chi connectivity index (χ3v) is 6.64. The molecule has 2 aliphatic rings.